The van der Waals surface area contributed by atoms with E-state index in [1.165, 1.54) is 0 Å². The molecule has 0 saturated carbocycles. The molecule has 1 aliphatic rings. The highest BCUT2D eigenvalue weighted by Gasteiger charge is 2.29. The van der Waals surface area contributed by atoms with Crippen LogP contribution in [0, 0.1) is 17.2 Å². The zero-order chi connectivity index (χ0) is 19.9. The molecule has 5 nitrogen and oxygen atoms in total. The molecule has 3 rings (SSSR count). The van der Waals surface area contributed by atoms with Gasteiger partial charge in [0.25, 0.3) is 0 Å². The van der Waals surface area contributed by atoms with E-state index in [4.69, 9.17) is 14.7 Å². The van der Waals surface area contributed by atoms with Crippen LogP contribution in [0.2, 0.25) is 0 Å². The largest absolute Gasteiger partial charge is 0.494 e. The smallest absolute Gasteiger partial charge is 0.230 e. The summed E-state index contributed by atoms with van der Waals surface area (Å²) in [6, 6.07) is 15.2. The van der Waals surface area contributed by atoms with Crippen molar-refractivity contribution in [2.24, 2.45) is 5.92 Å². The van der Waals surface area contributed by atoms with Gasteiger partial charge in [-0.3, -0.25) is 4.79 Å². The van der Waals surface area contributed by atoms with E-state index in [0.717, 1.165) is 22.6 Å². The first kappa shape index (κ1) is 19.5. The Hall–Kier alpha value is -3.26. The summed E-state index contributed by atoms with van der Waals surface area (Å²) in [4.78, 5) is 14.9. The predicted octanol–water partition coefficient (Wildman–Crippen LogP) is 3.72. The third kappa shape index (κ3) is 4.52. The average Bonchev–Trinajstić information content (AvgIpc) is 2.73. The first-order chi connectivity index (χ1) is 13.6. The minimum absolute atomic E-state index is 0.0229. The standard InChI is InChI=1S/C23H24N2O3/c1-3-10-25(15-18-7-5-6-17(11-18)14-24)23(26)20-12-19-13-21(27-4-2)8-9-22(19)28-16-20/h3,5-9,11,13,20H,1,4,10,12,15-16H2,2H3. The minimum Gasteiger partial charge on any atom is -0.494 e. The van der Waals surface area contributed by atoms with Gasteiger partial charge in [0.05, 0.1) is 24.2 Å². The molecule has 0 saturated heterocycles. The van der Waals surface area contributed by atoms with Crippen molar-refractivity contribution in [1.82, 2.24) is 4.90 Å². The van der Waals surface area contributed by atoms with Crippen LogP contribution < -0.4 is 9.47 Å². The van der Waals surface area contributed by atoms with Crippen LogP contribution in [-0.2, 0) is 17.8 Å². The molecule has 1 unspecified atom stereocenters. The highest BCUT2D eigenvalue weighted by atomic mass is 16.5. The van der Waals surface area contributed by atoms with Crippen LogP contribution in [0.4, 0.5) is 0 Å². The number of hydrogen-bond donors (Lipinski definition) is 0. The van der Waals surface area contributed by atoms with E-state index in [1.807, 2.05) is 43.3 Å². The topological polar surface area (TPSA) is 62.6 Å². The molecule has 5 heteroatoms. The van der Waals surface area contributed by atoms with Crippen molar-refractivity contribution in [3.05, 3.63) is 71.8 Å². The van der Waals surface area contributed by atoms with Crippen molar-refractivity contribution >= 4 is 5.91 Å². The SMILES string of the molecule is C=CCN(Cc1cccc(C#N)c1)C(=O)C1COc2ccc(OCC)cc2C1. The lowest BCUT2D eigenvalue weighted by molar-refractivity contribution is -0.137. The fourth-order valence-electron chi connectivity index (χ4n) is 3.39. The molecule has 144 valence electrons. The number of hydrogen-bond acceptors (Lipinski definition) is 4. The fraction of sp³-hybridized carbons (Fsp3) is 0.304. The molecule has 28 heavy (non-hydrogen) atoms. The molecule has 2 aromatic rings. The van der Waals surface area contributed by atoms with E-state index in [-0.39, 0.29) is 11.8 Å². The molecule has 0 radical (unpaired) electrons. The first-order valence-corrected chi connectivity index (χ1v) is 9.41. The maximum Gasteiger partial charge on any atom is 0.230 e. The third-order valence-electron chi connectivity index (χ3n) is 4.69. The van der Waals surface area contributed by atoms with Crippen molar-refractivity contribution in [3.63, 3.8) is 0 Å². The first-order valence-electron chi connectivity index (χ1n) is 9.41. The molecule has 2 aromatic carbocycles. The minimum atomic E-state index is -0.261. The van der Waals surface area contributed by atoms with Gasteiger partial charge in [0.1, 0.15) is 18.1 Å². The Labute approximate surface area is 165 Å². The van der Waals surface area contributed by atoms with Gasteiger partial charge in [-0.05, 0) is 54.8 Å². The summed E-state index contributed by atoms with van der Waals surface area (Å²) in [6.45, 7) is 7.54. The zero-order valence-corrected chi connectivity index (χ0v) is 16.1. The summed E-state index contributed by atoms with van der Waals surface area (Å²) in [5, 5.41) is 9.09. The Bertz CT molecular complexity index is 901. The van der Waals surface area contributed by atoms with E-state index in [9.17, 15) is 4.79 Å². The molecule has 0 aromatic heterocycles. The van der Waals surface area contributed by atoms with Crippen LogP contribution >= 0.6 is 0 Å². The molecular weight excluding hydrogens is 352 g/mol. The molecular formula is C23H24N2O3. The van der Waals surface area contributed by atoms with Crippen LogP contribution in [0.15, 0.2) is 55.1 Å². The summed E-state index contributed by atoms with van der Waals surface area (Å²) in [5.41, 5.74) is 2.49. The molecule has 0 fully saturated rings. The highest BCUT2D eigenvalue weighted by molar-refractivity contribution is 5.80. The summed E-state index contributed by atoms with van der Waals surface area (Å²) in [5.74, 6) is 1.36. The Morgan fingerprint density at radius 1 is 1.39 bits per heavy atom. The molecule has 0 aliphatic carbocycles. The second-order valence-corrected chi connectivity index (χ2v) is 6.73. The number of amides is 1. The van der Waals surface area contributed by atoms with E-state index in [0.29, 0.717) is 38.3 Å². The van der Waals surface area contributed by atoms with Gasteiger partial charge in [-0.25, -0.2) is 0 Å². The monoisotopic (exact) mass is 376 g/mol. The quantitative estimate of drug-likeness (QED) is 0.691. The second-order valence-electron chi connectivity index (χ2n) is 6.73. The fourth-order valence-corrected chi connectivity index (χ4v) is 3.39. The van der Waals surface area contributed by atoms with Crippen LogP contribution in [0.5, 0.6) is 11.5 Å². The molecule has 1 atom stereocenters. The van der Waals surface area contributed by atoms with Gasteiger partial charge in [0.2, 0.25) is 5.91 Å². The van der Waals surface area contributed by atoms with Gasteiger partial charge < -0.3 is 14.4 Å². The van der Waals surface area contributed by atoms with Crippen molar-refractivity contribution in [3.8, 4) is 17.6 Å². The van der Waals surface area contributed by atoms with Gasteiger partial charge in [-0.1, -0.05) is 18.2 Å². The van der Waals surface area contributed by atoms with Gasteiger partial charge in [-0.15, -0.1) is 6.58 Å². The van der Waals surface area contributed by atoms with Gasteiger partial charge in [0, 0.05) is 13.1 Å². The summed E-state index contributed by atoms with van der Waals surface area (Å²) >= 11 is 0. The molecule has 1 amide bonds. The van der Waals surface area contributed by atoms with Crippen LogP contribution in [0.1, 0.15) is 23.6 Å². The maximum absolute atomic E-state index is 13.2. The van der Waals surface area contributed by atoms with Crippen molar-refractivity contribution in [1.29, 1.82) is 5.26 Å². The molecule has 0 spiro atoms. The summed E-state index contributed by atoms with van der Waals surface area (Å²) in [7, 11) is 0. The average molecular weight is 376 g/mol. The summed E-state index contributed by atoms with van der Waals surface area (Å²) < 4.78 is 11.4. The predicted molar refractivity (Wildman–Crippen MR) is 107 cm³/mol. The zero-order valence-electron chi connectivity index (χ0n) is 16.1. The van der Waals surface area contributed by atoms with Gasteiger partial charge >= 0.3 is 0 Å². The van der Waals surface area contributed by atoms with Crippen molar-refractivity contribution in [2.75, 3.05) is 19.8 Å². The molecule has 0 bridgehead atoms. The van der Waals surface area contributed by atoms with E-state index >= 15 is 0 Å². The normalized spacial score (nSPS) is 14.9. The van der Waals surface area contributed by atoms with E-state index < -0.39 is 0 Å². The molecule has 1 heterocycles. The number of carbonyl (C=O) groups excluding carboxylic acids is 1. The number of nitrogens with zero attached hydrogens (tertiary/aromatic N) is 2. The number of benzene rings is 2. The molecule has 1 aliphatic heterocycles. The Morgan fingerprint density at radius 2 is 2.25 bits per heavy atom. The lowest BCUT2D eigenvalue weighted by Gasteiger charge is -2.30. The number of fused-ring (bicyclic) bond motifs is 1. The van der Waals surface area contributed by atoms with Crippen LogP contribution in [0.3, 0.4) is 0 Å². The maximum atomic E-state index is 13.2. The Balaban J connectivity index is 1.75. The number of carbonyl (C=O) groups is 1. The van der Waals surface area contributed by atoms with Crippen molar-refractivity contribution < 1.29 is 14.3 Å². The second kappa shape index (κ2) is 9.09. The molecule has 0 N–H and O–H groups in total. The van der Waals surface area contributed by atoms with E-state index in [1.54, 1.807) is 17.0 Å². The number of ether oxygens (including phenoxy) is 2. The third-order valence-corrected chi connectivity index (χ3v) is 4.69. The number of rotatable bonds is 7. The Kier molecular flexibility index (Phi) is 6.33. The Morgan fingerprint density at radius 3 is 3.00 bits per heavy atom. The highest BCUT2D eigenvalue weighted by Crippen LogP contribution is 2.31. The van der Waals surface area contributed by atoms with E-state index in [2.05, 4.69) is 12.6 Å². The van der Waals surface area contributed by atoms with Gasteiger partial charge in [0.15, 0.2) is 0 Å². The lowest BCUT2D eigenvalue weighted by Crippen LogP contribution is -2.40. The summed E-state index contributed by atoms with van der Waals surface area (Å²) in [6.07, 6.45) is 2.33. The van der Waals surface area contributed by atoms with Crippen LogP contribution in [-0.4, -0.2) is 30.6 Å². The van der Waals surface area contributed by atoms with Gasteiger partial charge in [-0.2, -0.15) is 5.26 Å². The number of nitriles is 1. The van der Waals surface area contributed by atoms with Crippen molar-refractivity contribution in [2.45, 2.75) is 19.9 Å². The lowest BCUT2D eigenvalue weighted by atomic mass is 9.95. The van der Waals surface area contributed by atoms with Crippen LogP contribution in [0.25, 0.3) is 0 Å².